The van der Waals surface area contributed by atoms with Crippen LogP contribution in [0, 0.1) is 0 Å². The maximum Gasteiger partial charge on any atom is 0.422 e. The van der Waals surface area contributed by atoms with Gasteiger partial charge in [0.05, 0.1) is 19.8 Å². The summed E-state index contributed by atoms with van der Waals surface area (Å²) in [6.07, 6.45) is -4.34. The Kier molecular flexibility index (Phi) is 8.85. The second-order valence-corrected chi connectivity index (χ2v) is 6.62. The lowest BCUT2D eigenvalue weighted by molar-refractivity contribution is -0.153. The van der Waals surface area contributed by atoms with Crippen molar-refractivity contribution < 1.29 is 22.6 Å². The number of nitrogens with zero attached hydrogens (tertiary/aromatic N) is 2. The summed E-state index contributed by atoms with van der Waals surface area (Å²) in [5.41, 5.74) is 0.887. The van der Waals surface area contributed by atoms with Gasteiger partial charge in [0.1, 0.15) is 5.75 Å². The van der Waals surface area contributed by atoms with E-state index >= 15 is 0 Å². The van der Waals surface area contributed by atoms with Gasteiger partial charge in [-0.05, 0) is 31.5 Å². The van der Waals surface area contributed by atoms with E-state index in [0.29, 0.717) is 18.5 Å². The molecule has 1 atom stereocenters. The molecule has 2 N–H and O–H groups in total. The number of ether oxygens (including phenoxy) is 2. The number of aliphatic imine (C=N–C) groups is 1. The maximum atomic E-state index is 12.2. The van der Waals surface area contributed by atoms with Crippen LogP contribution in [0.3, 0.4) is 0 Å². The lowest BCUT2D eigenvalue weighted by Gasteiger charge is -2.32. The highest BCUT2D eigenvalue weighted by Gasteiger charge is 2.28. The Bertz CT molecular complexity index is 602. The van der Waals surface area contributed by atoms with Gasteiger partial charge in [-0.25, -0.2) is 4.99 Å². The molecule has 1 aliphatic heterocycles. The first kappa shape index (κ1) is 22.3. The van der Waals surface area contributed by atoms with Gasteiger partial charge in [-0.15, -0.1) is 0 Å². The highest BCUT2D eigenvalue weighted by molar-refractivity contribution is 5.79. The molecular weight excluding hydrogens is 373 g/mol. The minimum absolute atomic E-state index is 0.189. The average Bonchev–Trinajstić information content (AvgIpc) is 2.69. The largest absolute Gasteiger partial charge is 0.484 e. The summed E-state index contributed by atoms with van der Waals surface area (Å²) < 4.78 is 46.6. The second-order valence-electron chi connectivity index (χ2n) is 6.62. The van der Waals surface area contributed by atoms with Crippen LogP contribution in [0.1, 0.15) is 19.4 Å². The molecule has 0 aliphatic carbocycles. The van der Waals surface area contributed by atoms with Crippen molar-refractivity contribution in [3.8, 4) is 5.75 Å². The zero-order valence-corrected chi connectivity index (χ0v) is 16.4. The molecule has 1 unspecified atom stereocenters. The third-order valence-corrected chi connectivity index (χ3v) is 4.32. The fraction of sp³-hybridized carbons (Fsp3) is 0.632. The van der Waals surface area contributed by atoms with E-state index in [0.717, 1.165) is 45.0 Å². The van der Waals surface area contributed by atoms with E-state index in [4.69, 9.17) is 9.47 Å². The van der Waals surface area contributed by atoms with Gasteiger partial charge in [-0.1, -0.05) is 12.1 Å². The Morgan fingerprint density at radius 2 is 1.89 bits per heavy atom. The molecule has 1 aliphatic rings. The SMILES string of the molecule is CCNC(=NCc1ccc(OCC(F)(F)F)cc1)NCC(C)N1CCOCC1. The monoisotopic (exact) mass is 402 g/mol. The Hall–Kier alpha value is -2.00. The molecule has 0 bridgehead atoms. The molecule has 6 nitrogen and oxygen atoms in total. The summed E-state index contributed by atoms with van der Waals surface area (Å²) in [5.74, 6) is 0.898. The van der Waals surface area contributed by atoms with Crippen molar-refractivity contribution in [3.63, 3.8) is 0 Å². The second kappa shape index (κ2) is 11.1. The highest BCUT2D eigenvalue weighted by atomic mass is 19.4. The molecule has 0 amide bonds. The van der Waals surface area contributed by atoms with Gasteiger partial charge >= 0.3 is 6.18 Å². The van der Waals surface area contributed by atoms with Gasteiger partial charge in [0, 0.05) is 32.2 Å². The number of hydrogen-bond acceptors (Lipinski definition) is 4. The molecule has 9 heteroatoms. The molecule has 1 aromatic rings. The summed E-state index contributed by atoms with van der Waals surface area (Å²) in [6.45, 7) is 8.18. The van der Waals surface area contributed by atoms with Gasteiger partial charge in [-0.2, -0.15) is 13.2 Å². The molecule has 0 radical (unpaired) electrons. The van der Waals surface area contributed by atoms with Gasteiger partial charge in [0.15, 0.2) is 12.6 Å². The summed E-state index contributed by atoms with van der Waals surface area (Å²) in [4.78, 5) is 6.92. The number of halogens is 3. The minimum atomic E-state index is -4.34. The molecule has 2 rings (SSSR count). The standard InChI is InChI=1S/C19H29F3N4O2/c1-3-23-18(24-12-15(2)26-8-10-27-11-9-26)25-13-16-4-6-17(7-5-16)28-14-19(20,21)22/h4-7,15H,3,8-14H2,1-2H3,(H2,23,24,25). The van der Waals surface area contributed by atoms with E-state index in [2.05, 4.69) is 27.4 Å². The summed E-state index contributed by atoms with van der Waals surface area (Å²) in [7, 11) is 0. The van der Waals surface area contributed by atoms with E-state index in [1.807, 2.05) is 6.92 Å². The Morgan fingerprint density at radius 1 is 1.21 bits per heavy atom. The fourth-order valence-corrected chi connectivity index (χ4v) is 2.76. The number of morpholine rings is 1. The smallest absolute Gasteiger partial charge is 0.422 e. The third-order valence-electron chi connectivity index (χ3n) is 4.32. The third kappa shape index (κ3) is 8.35. The Labute approximate surface area is 164 Å². The molecule has 28 heavy (non-hydrogen) atoms. The number of hydrogen-bond donors (Lipinski definition) is 2. The predicted molar refractivity (Wildman–Crippen MR) is 103 cm³/mol. The first-order valence-corrected chi connectivity index (χ1v) is 9.50. The fourth-order valence-electron chi connectivity index (χ4n) is 2.76. The van der Waals surface area contributed by atoms with Crippen LogP contribution in [0.2, 0.25) is 0 Å². The van der Waals surface area contributed by atoms with Crippen molar-refractivity contribution in [1.29, 1.82) is 0 Å². The van der Waals surface area contributed by atoms with Crippen LogP contribution < -0.4 is 15.4 Å². The van der Waals surface area contributed by atoms with Crippen LogP contribution in [0.5, 0.6) is 5.75 Å². The van der Waals surface area contributed by atoms with E-state index in [-0.39, 0.29) is 5.75 Å². The van der Waals surface area contributed by atoms with Crippen molar-refractivity contribution in [3.05, 3.63) is 29.8 Å². The average molecular weight is 402 g/mol. The molecule has 1 heterocycles. The van der Waals surface area contributed by atoms with E-state index in [1.165, 1.54) is 12.1 Å². The first-order chi connectivity index (χ1) is 13.4. The van der Waals surface area contributed by atoms with Gasteiger partial charge < -0.3 is 20.1 Å². The predicted octanol–water partition coefficient (Wildman–Crippen LogP) is 2.40. The van der Waals surface area contributed by atoms with E-state index in [9.17, 15) is 13.2 Å². The normalized spacial score (nSPS) is 17.2. The van der Waals surface area contributed by atoms with E-state index < -0.39 is 12.8 Å². The Balaban J connectivity index is 1.83. The molecule has 0 spiro atoms. The minimum Gasteiger partial charge on any atom is -0.484 e. The Morgan fingerprint density at radius 3 is 2.50 bits per heavy atom. The van der Waals surface area contributed by atoms with Crippen molar-refractivity contribution in [2.24, 2.45) is 4.99 Å². The molecule has 1 saturated heterocycles. The zero-order chi connectivity index (χ0) is 20.4. The molecule has 0 saturated carbocycles. The summed E-state index contributed by atoms with van der Waals surface area (Å²) >= 11 is 0. The van der Waals surface area contributed by atoms with Crippen LogP contribution in [0.15, 0.2) is 29.3 Å². The first-order valence-electron chi connectivity index (χ1n) is 9.50. The van der Waals surface area contributed by atoms with Gasteiger partial charge in [-0.3, -0.25) is 4.90 Å². The maximum absolute atomic E-state index is 12.2. The lowest BCUT2D eigenvalue weighted by Crippen LogP contribution is -2.49. The zero-order valence-electron chi connectivity index (χ0n) is 16.4. The van der Waals surface area contributed by atoms with Crippen LogP contribution >= 0.6 is 0 Å². The molecule has 1 fully saturated rings. The van der Waals surface area contributed by atoms with Gasteiger partial charge in [0.2, 0.25) is 0 Å². The van der Waals surface area contributed by atoms with Crippen LogP contribution in [0.4, 0.5) is 13.2 Å². The van der Waals surface area contributed by atoms with Crippen molar-refractivity contribution in [2.75, 3.05) is 46.0 Å². The number of guanidine groups is 1. The topological polar surface area (TPSA) is 58.1 Å². The quantitative estimate of drug-likeness (QED) is 0.517. The van der Waals surface area contributed by atoms with E-state index in [1.54, 1.807) is 12.1 Å². The van der Waals surface area contributed by atoms with Crippen LogP contribution in [0.25, 0.3) is 0 Å². The summed E-state index contributed by atoms with van der Waals surface area (Å²) in [5, 5.41) is 6.55. The number of nitrogens with one attached hydrogen (secondary N) is 2. The molecule has 1 aromatic carbocycles. The molecule has 0 aromatic heterocycles. The van der Waals surface area contributed by atoms with Crippen molar-refractivity contribution >= 4 is 5.96 Å². The molecule has 158 valence electrons. The summed E-state index contributed by atoms with van der Waals surface area (Å²) in [6, 6.07) is 6.84. The number of rotatable bonds is 8. The van der Waals surface area contributed by atoms with Gasteiger partial charge in [0.25, 0.3) is 0 Å². The van der Waals surface area contributed by atoms with Crippen molar-refractivity contribution in [1.82, 2.24) is 15.5 Å². The number of alkyl halides is 3. The number of benzene rings is 1. The highest BCUT2D eigenvalue weighted by Crippen LogP contribution is 2.19. The van der Waals surface area contributed by atoms with Crippen LogP contribution in [-0.4, -0.2) is 69.1 Å². The lowest BCUT2D eigenvalue weighted by atomic mass is 10.2. The van der Waals surface area contributed by atoms with Crippen molar-refractivity contribution in [2.45, 2.75) is 32.6 Å². The molecular formula is C19H29F3N4O2. The van der Waals surface area contributed by atoms with Crippen LogP contribution in [-0.2, 0) is 11.3 Å².